The van der Waals surface area contributed by atoms with Crippen molar-refractivity contribution in [2.24, 2.45) is 12.0 Å². The second-order valence-electron chi connectivity index (χ2n) is 3.63. The van der Waals surface area contributed by atoms with E-state index >= 15 is 0 Å². The predicted molar refractivity (Wildman–Crippen MR) is 63.5 cm³/mol. The van der Waals surface area contributed by atoms with E-state index < -0.39 is 0 Å². The summed E-state index contributed by atoms with van der Waals surface area (Å²) in [5, 5.41) is 0. The summed E-state index contributed by atoms with van der Waals surface area (Å²) in [6, 6.07) is 1.35. The van der Waals surface area contributed by atoms with Crippen LogP contribution >= 0.6 is 0 Å². The number of nitrogens with zero attached hydrogens (tertiary/aromatic N) is 4. The standard InChI is InChI=1S/C10H16N4O2/c1-5-14-8(11-7-12(2)3)6-9(15)13(4)10(14)16/h6-7H,5H2,1-4H3/b11-7+. The summed E-state index contributed by atoms with van der Waals surface area (Å²) in [4.78, 5) is 29.0. The van der Waals surface area contributed by atoms with Crippen molar-refractivity contribution in [1.82, 2.24) is 14.0 Å². The van der Waals surface area contributed by atoms with Gasteiger partial charge in [-0.15, -0.1) is 0 Å². The lowest BCUT2D eigenvalue weighted by molar-refractivity contribution is 0.623. The Balaban J connectivity index is 3.40. The second-order valence-corrected chi connectivity index (χ2v) is 3.63. The number of aliphatic imine (C=N–C) groups is 1. The van der Waals surface area contributed by atoms with Gasteiger partial charge in [-0.2, -0.15) is 0 Å². The maximum atomic E-state index is 11.7. The molecule has 1 heterocycles. The third-order valence-corrected chi connectivity index (χ3v) is 2.11. The lowest BCUT2D eigenvalue weighted by Gasteiger charge is -2.09. The first-order valence-corrected chi connectivity index (χ1v) is 4.99. The normalized spacial score (nSPS) is 11.0. The van der Waals surface area contributed by atoms with Gasteiger partial charge in [-0.25, -0.2) is 9.79 Å². The molecule has 6 nitrogen and oxygen atoms in total. The van der Waals surface area contributed by atoms with Crippen LogP contribution in [-0.2, 0) is 13.6 Å². The molecule has 1 rings (SSSR count). The topological polar surface area (TPSA) is 59.6 Å². The Kier molecular flexibility index (Phi) is 3.65. The second kappa shape index (κ2) is 4.78. The third kappa shape index (κ3) is 2.39. The van der Waals surface area contributed by atoms with Crippen molar-refractivity contribution in [3.05, 3.63) is 26.9 Å². The Bertz CT molecular complexity index is 511. The number of hydrogen-bond donors (Lipinski definition) is 0. The maximum Gasteiger partial charge on any atom is 0.332 e. The number of rotatable bonds is 3. The Morgan fingerprint density at radius 3 is 2.56 bits per heavy atom. The largest absolute Gasteiger partial charge is 0.369 e. The highest BCUT2D eigenvalue weighted by molar-refractivity contribution is 5.58. The van der Waals surface area contributed by atoms with Gasteiger partial charge in [0.25, 0.3) is 5.56 Å². The molecular formula is C10H16N4O2. The quantitative estimate of drug-likeness (QED) is 0.527. The van der Waals surface area contributed by atoms with E-state index in [1.165, 1.54) is 17.7 Å². The summed E-state index contributed by atoms with van der Waals surface area (Å²) in [5.74, 6) is 0.379. The minimum Gasteiger partial charge on any atom is -0.369 e. The van der Waals surface area contributed by atoms with Crippen LogP contribution in [0.15, 0.2) is 20.6 Å². The molecular weight excluding hydrogens is 208 g/mol. The molecule has 6 heteroatoms. The van der Waals surface area contributed by atoms with Gasteiger partial charge >= 0.3 is 5.69 Å². The molecule has 0 atom stereocenters. The molecule has 0 spiro atoms. The van der Waals surface area contributed by atoms with Crippen molar-refractivity contribution in [2.75, 3.05) is 14.1 Å². The minimum atomic E-state index is -0.347. The van der Waals surface area contributed by atoms with E-state index in [0.717, 1.165) is 4.57 Å². The summed E-state index contributed by atoms with van der Waals surface area (Å²) in [6.07, 6.45) is 1.56. The molecule has 0 saturated carbocycles. The first-order chi connectivity index (χ1) is 7.47. The number of aromatic nitrogens is 2. The van der Waals surface area contributed by atoms with Crippen molar-refractivity contribution in [1.29, 1.82) is 0 Å². The van der Waals surface area contributed by atoms with Gasteiger partial charge in [-0.3, -0.25) is 13.9 Å². The Hall–Kier alpha value is -1.85. The molecule has 0 fully saturated rings. The van der Waals surface area contributed by atoms with E-state index in [4.69, 9.17) is 0 Å². The minimum absolute atomic E-state index is 0.346. The molecule has 0 bridgehead atoms. The van der Waals surface area contributed by atoms with Gasteiger partial charge in [0.1, 0.15) is 5.82 Å². The van der Waals surface area contributed by atoms with Crippen LogP contribution < -0.4 is 11.2 Å². The van der Waals surface area contributed by atoms with E-state index in [9.17, 15) is 9.59 Å². The van der Waals surface area contributed by atoms with Gasteiger partial charge < -0.3 is 4.90 Å². The van der Waals surface area contributed by atoms with Crippen molar-refractivity contribution in [3.63, 3.8) is 0 Å². The molecule has 1 aromatic rings. The highest BCUT2D eigenvalue weighted by Gasteiger charge is 2.05. The summed E-state index contributed by atoms with van der Waals surface area (Å²) in [7, 11) is 5.09. The average Bonchev–Trinajstić information content (AvgIpc) is 2.23. The highest BCUT2D eigenvalue weighted by atomic mass is 16.2. The molecule has 0 radical (unpaired) electrons. The van der Waals surface area contributed by atoms with Crippen molar-refractivity contribution < 1.29 is 0 Å². The number of hydrogen-bond acceptors (Lipinski definition) is 3. The predicted octanol–water partition coefficient (Wildman–Crippen LogP) is -0.212. The Morgan fingerprint density at radius 1 is 1.44 bits per heavy atom. The lowest BCUT2D eigenvalue weighted by Crippen LogP contribution is -2.37. The summed E-state index contributed by atoms with van der Waals surface area (Å²) in [6.45, 7) is 2.31. The van der Waals surface area contributed by atoms with E-state index in [2.05, 4.69) is 4.99 Å². The molecule has 0 aromatic carbocycles. The van der Waals surface area contributed by atoms with Crippen LogP contribution in [0.2, 0.25) is 0 Å². The Morgan fingerprint density at radius 2 is 2.06 bits per heavy atom. The molecule has 0 aliphatic heterocycles. The van der Waals surface area contributed by atoms with E-state index in [0.29, 0.717) is 12.4 Å². The fourth-order valence-electron chi connectivity index (χ4n) is 1.24. The molecule has 0 aliphatic carbocycles. The van der Waals surface area contributed by atoms with Crippen LogP contribution in [0.3, 0.4) is 0 Å². The molecule has 0 unspecified atom stereocenters. The van der Waals surface area contributed by atoms with Crippen LogP contribution in [-0.4, -0.2) is 34.5 Å². The van der Waals surface area contributed by atoms with Crippen molar-refractivity contribution in [2.45, 2.75) is 13.5 Å². The Labute approximate surface area is 93.5 Å². The van der Waals surface area contributed by atoms with Gasteiger partial charge in [0.05, 0.1) is 6.34 Å². The first kappa shape index (κ1) is 12.2. The summed E-state index contributed by atoms with van der Waals surface area (Å²) < 4.78 is 2.51. The zero-order valence-electron chi connectivity index (χ0n) is 9.97. The molecule has 16 heavy (non-hydrogen) atoms. The molecule has 0 N–H and O–H groups in total. The maximum absolute atomic E-state index is 11.7. The van der Waals surface area contributed by atoms with Gasteiger partial charge in [-0.05, 0) is 6.92 Å². The van der Waals surface area contributed by atoms with Gasteiger partial charge in [0.15, 0.2) is 0 Å². The molecule has 1 aromatic heterocycles. The monoisotopic (exact) mass is 224 g/mol. The lowest BCUT2D eigenvalue weighted by atomic mass is 10.5. The van der Waals surface area contributed by atoms with E-state index in [-0.39, 0.29) is 11.2 Å². The van der Waals surface area contributed by atoms with Gasteiger partial charge in [0, 0.05) is 33.8 Å². The third-order valence-electron chi connectivity index (χ3n) is 2.11. The average molecular weight is 224 g/mol. The van der Waals surface area contributed by atoms with Crippen LogP contribution in [0.1, 0.15) is 6.92 Å². The molecule has 0 aliphatic rings. The van der Waals surface area contributed by atoms with Crippen LogP contribution in [0.4, 0.5) is 5.82 Å². The zero-order valence-corrected chi connectivity index (χ0v) is 9.97. The zero-order chi connectivity index (χ0) is 12.3. The molecule has 0 saturated heterocycles. The van der Waals surface area contributed by atoms with Crippen LogP contribution in [0.5, 0.6) is 0 Å². The van der Waals surface area contributed by atoms with Crippen molar-refractivity contribution in [3.8, 4) is 0 Å². The SMILES string of the molecule is CCn1c(/N=C/N(C)C)cc(=O)n(C)c1=O. The smallest absolute Gasteiger partial charge is 0.332 e. The fourth-order valence-corrected chi connectivity index (χ4v) is 1.24. The van der Waals surface area contributed by atoms with E-state index in [1.54, 1.807) is 11.2 Å². The highest BCUT2D eigenvalue weighted by Crippen LogP contribution is 2.04. The van der Waals surface area contributed by atoms with Gasteiger partial charge in [0.2, 0.25) is 0 Å². The van der Waals surface area contributed by atoms with Crippen molar-refractivity contribution >= 4 is 12.2 Å². The van der Waals surface area contributed by atoms with E-state index in [1.807, 2.05) is 21.0 Å². The molecule has 0 amide bonds. The summed E-state index contributed by atoms with van der Waals surface area (Å²) >= 11 is 0. The fraction of sp³-hybridized carbons (Fsp3) is 0.500. The summed E-state index contributed by atoms with van der Waals surface area (Å²) in [5.41, 5.74) is -0.693. The molecule has 88 valence electrons. The van der Waals surface area contributed by atoms with Gasteiger partial charge in [-0.1, -0.05) is 0 Å². The van der Waals surface area contributed by atoms with Crippen LogP contribution in [0, 0.1) is 0 Å². The van der Waals surface area contributed by atoms with Crippen LogP contribution in [0.25, 0.3) is 0 Å². The first-order valence-electron chi connectivity index (χ1n) is 4.99.